The lowest BCUT2D eigenvalue weighted by atomic mass is 9.98. The van der Waals surface area contributed by atoms with E-state index in [1.165, 1.54) is 0 Å². The van der Waals surface area contributed by atoms with Crippen LogP contribution in [0.25, 0.3) is 0 Å². The number of ether oxygens (including phenoxy) is 1. The molecule has 0 spiro atoms. The molecule has 0 saturated carbocycles. The molecular weight excluding hydrogens is 250 g/mol. The molecule has 0 aliphatic carbocycles. The van der Waals surface area contributed by atoms with Crippen LogP contribution in [0.4, 0.5) is 8.78 Å². The maximum absolute atomic E-state index is 13.8. The van der Waals surface area contributed by atoms with Gasteiger partial charge in [-0.25, -0.2) is 14.2 Å². The first-order valence-electron chi connectivity index (χ1n) is 5.70. The second-order valence-electron chi connectivity index (χ2n) is 4.04. The molecule has 5 heteroatoms. The van der Waals surface area contributed by atoms with E-state index in [1.54, 1.807) is 31.4 Å². The maximum Gasteiger partial charge on any atom is 0.128 e. The van der Waals surface area contributed by atoms with Gasteiger partial charge in [0.05, 0.1) is 13.2 Å². The third-order valence-electron chi connectivity index (χ3n) is 2.88. The Kier molecular flexibility index (Phi) is 4.09. The SMILES string of the molecule is COc1ccc(C(NN)c2cc(F)ccc2F)cc1. The summed E-state index contributed by atoms with van der Waals surface area (Å²) in [6.07, 6.45) is 0. The van der Waals surface area contributed by atoms with E-state index in [0.29, 0.717) is 11.3 Å². The minimum Gasteiger partial charge on any atom is -0.497 e. The van der Waals surface area contributed by atoms with Crippen molar-refractivity contribution in [2.24, 2.45) is 5.84 Å². The van der Waals surface area contributed by atoms with Crippen LogP contribution in [0.15, 0.2) is 42.5 Å². The summed E-state index contributed by atoms with van der Waals surface area (Å²) in [5.41, 5.74) is 3.37. The average Bonchev–Trinajstić information content (AvgIpc) is 2.44. The van der Waals surface area contributed by atoms with Crippen molar-refractivity contribution < 1.29 is 13.5 Å². The Bertz CT molecular complexity index is 558. The van der Waals surface area contributed by atoms with Gasteiger partial charge in [-0.1, -0.05) is 12.1 Å². The van der Waals surface area contributed by atoms with Crippen LogP contribution in [0.3, 0.4) is 0 Å². The Morgan fingerprint density at radius 3 is 2.37 bits per heavy atom. The molecule has 0 saturated heterocycles. The molecule has 2 aromatic rings. The first-order valence-corrected chi connectivity index (χ1v) is 5.70. The van der Waals surface area contributed by atoms with Gasteiger partial charge < -0.3 is 4.74 Å². The number of rotatable bonds is 4. The van der Waals surface area contributed by atoms with Gasteiger partial charge in [0.25, 0.3) is 0 Å². The zero-order valence-corrected chi connectivity index (χ0v) is 10.4. The smallest absolute Gasteiger partial charge is 0.128 e. The molecule has 1 atom stereocenters. The summed E-state index contributed by atoms with van der Waals surface area (Å²) in [6, 6.07) is 9.61. The molecule has 3 N–H and O–H groups in total. The molecule has 0 amide bonds. The van der Waals surface area contributed by atoms with Gasteiger partial charge in [0.1, 0.15) is 17.4 Å². The third kappa shape index (κ3) is 2.89. The van der Waals surface area contributed by atoms with Crippen LogP contribution in [0.5, 0.6) is 5.75 Å². The van der Waals surface area contributed by atoms with Gasteiger partial charge >= 0.3 is 0 Å². The molecule has 19 heavy (non-hydrogen) atoms. The predicted octanol–water partition coefficient (Wildman–Crippen LogP) is 2.53. The lowest BCUT2D eigenvalue weighted by Crippen LogP contribution is -2.29. The van der Waals surface area contributed by atoms with Gasteiger partial charge in [0, 0.05) is 5.56 Å². The Morgan fingerprint density at radius 2 is 1.79 bits per heavy atom. The van der Waals surface area contributed by atoms with Crippen molar-refractivity contribution in [1.29, 1.82) is 0 Å². The van der Waals surface area contributed by atoms with Crippen LogP contribution >= 0.6 is 0 Å². The fourth-order valence-corrected chi connectivity index (χ4v) is 1.90. The molecule has 0 aliphatic heterocycles. The molecule has 3 nitrogen and oxygen atoms in total. The zero-order chi connectivity index (χ0) is 13.8. The molecule has 0 heterocycles. The van der Waals surface area contributed by atoms with Crippen LogP contribution < -0.4 is 16.0 Å². The Morgan fingerprint density at radius 1 is 1.11 bits per heavy atom. The number of methoxy groups -OCH3 is 1. The Hall–Kier alpha value is -1.98. The van der Waals surface area contributed by atoms with Crippen LogP contribution in [-0.4, -0.2) is 7.11 Å². The number of hydrazine groups is 1. The summed E-state index contributed by atoms with van der Waals surface area (Å²) in [5, 5.41) is 0. The van der Waals surface area contributed by atoms with Crippen molar-refractivity contribution in [1.82, 2.24) is 5.43 Å². The second-order valence-corrected chi connectivity index (χ2v) is 4.04. The van der Waals surface area contributed by atoms with Crippen molar-refractivity contribution in [2.75, 3.05) is 7.11 Å². The molecular formula is C14H14F2N2O. The minimum absolute atomic E-state index is 0.160. The summed E-state index contributed by atoms with van der Waals surface area (Å²) in [6.45, 7) is 0. The normalized spacial score (nSPS) is 12.2. The Balaban J connectivity index is 2.40. The standard InChI is InChI=1S/C14H14F2N2O/c1-19-11-5-2-9(3-6-11)14(18-17)12-8-10(15)4-7-13(12)16/h2-8,14,18H,17H2,1H3. The first-order chi connectivity index (χ1) is 9.15. The van der Waals surface area contributed by atoms with Crippen molar-refractivity contribution >= 4 is 0 Å². The highest BCUT2D eigenvalue weighted by Gasteiger charge is 2.17. The topological polar surface area (TPSA) is 47.3 Å². The number of nitrogens with one attached hydrogen (secondary N) is 1. The highest BCUT2D eigenvalue weighted by atomic mass is 19.1. The van der Waals surface area contributed by atoms with Gasteiger partial charge in [0.15, 0.2) is 0 Å². The van der Waals surface area contributed by atoms with Crippen LogP contribution in [0.2, 0.25) is 0 Å². The summed E-state index contributed by atoms with van der Waals surface area (Å²) in [5.74, 6) is 5.11. The average molecular weight is 264 g/mol. The number of benzene rings is 2. The van der Waals surface area contributed by atoms with E-state index in [-0.39, 0.29) is 5.56 Å². The highest BCUT2D eigenvalue weighted by molar-refractivity contribution is 5.36. The van der Waals surface area contributed by atoms with Gasteiger partial charge in [-0.3, -0.25) is 5.84 Å². The monoisotopic (exact) mass is 264 g/mol. The number of hydrogen-bond acceptors (Lipinski definition) is 3. The zero-order valence-electron chi connectivity index (χ0n) is 10.4. The second kappa shape index (κ2) is 5.77. The largest absolute Gasteiger partial charge is 0.497 e. The molecule has 100 valence electrons. The first kappa shape index (κ1) is 13.5. The van der Waals surface area contributed by atoms with Crippen molar-refractivity contribution in [2.45, 2.75) is 6.04 Å². The lowest BCUT2D eigenvalue weighted by Gasteiger charge is -2.18. The highest BCUT2D eigenvalue weighted by Crippen LogP contribution is 2.26. The summed E-state index contributed by atoms with van der Waals surface area (Å²) in [7, 11) is 1.56. The predicted molar refractivity (Wildman–Crippen MR) is 68.5 cm³/mol. The fraction of sp³-hybridized carbons (Fsp3) is 0.143. The van der Waals surface area contributed by atoms with Crippen molar-refractivity contribution in [3.63, 3.8) is 0 Å². The molecule has 2 rings (SSSR count). The van der Waals surface area contributed by atoms with E-state index in [1.807, 2.05) is 0 Å². The van der Waals surface area contributed by atoms with Crippen molar-refractivity contribution in [3.8, 4) is 5.75 Å². The molecule has 0 aliphatic rings. The van der Waals surface area contributed by atoms with E-state index >= 15 is 0 Å². The van der Waals surface area contributed by atoms with E-state index in [0.717, 1.165) is 18.2 Å². The van der Waals surface area contributed by atoms with Crippen LogP contribution in [0.1, 0.15) is 17.2 Å². The molecule has 0 radical (unpaired) electrons. The van der Waals surface area contributed by atoms with E-state index in [2.05, 4.69) is 5.43 Å². The van der Waals surface area contributed by atoms with Gasteiger partial charge in [-0.15, -0.1) is 0 Å². The van der Waals surface area contributed by atoms with E-state index in [4.69, 9.17) is 10.6 Å². The summed E-state index contributed by atoms with van der Waals surface area (Å²) in [4.78, 5) is 0. The molecule has 0 fully saturated rings. The Labute approximate surface area is 110 Å². The van der Waals surface area contributed by atoms with Gasteiger partial charge in [0.2, 0.25) is 0 Å². The number of hydrogen-bond donors (Lipinski definition) is 2. The van der Waals surface area contributed by atoms with Gasteiger partial charge in [-0.2, -0.15) is 0 Å². The number of halogens is 2. The van der Waals surface area contributed by atoms with E-state index in [9.17, 15) is 8.78 Å². The minimum atomic E-state index is -0.624. The molecule has 1 unspecified atom stereocenters. The van der Waals surface area contributed by atoms with Crippen LogP contribution in [-0.2, 0) is 0 Å². The molecule has 2 aromatic carbocycles. The lowest BCUT2D eigenvalue weighted by molar-refractivity contribution is 0.414. The molecule has 0 aromatic heterocycles. The van der Waals surface area contributed by atoms with Crippen molar-refractivity contribution in [3.05, 3.63) is 65.2 Å². The van der Waals surface area contributed by atoms with E-state index < -0.39 is 17.7 Å². The quantitative estimate of drug-likeness (QED) is 0.659. The third-order valence-corrected chi connectivity index (χ3v) is 2.88. The maximum atomic E-state index is 13.8. The number of nitrogens with two attached hydrogens (primary N) is 1. The van der Waals surface area contributed by atoms with Crippen LogP contribution in [0, 0.1) is 11.6 Å². The summed E-state index contributed by atoms with van der Waals surface area (Å²) < 4.78 is 32.0. The molecule has 0 bridgehead atoms. The van der Waals surface area contributed by atoms with Gasteiger partial charge in [-0.05, 0) is 35.9 Å². The fourth-order valence-electron chi connectivity index (χ4n) is 1.90. The summed E-state index contributed by atoms with van der Waals surface area (Å²) >= 11 is 0.